The molecule has 1 aromatic carbocycles. The Morgan fingerprint density at radius 2 is 2.06 bits per heavy atom. The molecule has 0 aromatic heterocycles. The molecule has 88 valence electrons. The third-order valence-electron chi connectivity index (χ3n) is 1.94. The van der Waals surface area contributed by atoms with Gasteiger partial charge in [-0.25, -0.2) is 0 Å². The number of ether oxygens (including phenoxy) is 2. The van der Waals surface area contributed by atoms with E-state index in [-0.39, 0.29) is 26.2 Å². The molecule has 2 atom stereocenters. The first-order valence-electron chi connectivity index (χ1n) is 5.37. The van der Waals surface area contributed by atoms with Crippen molar-refractivity contribution in [1.82, 2.24) is 0 Å². The second kappa shape index (κ2) is 7.64. The molecule has 2 unspecified atom stereocenters. The number of benzene rings is 1. The van der Waals surface area contributed by atoms with Gasteiger partial charge in [-0.05, 0) is 0 Å². The average molecular weight is 285 g/mol. The summed E-state index contributed by atoms with van der Waals surface area (Å²) in [5, 5.41) is -0.132. The molecule has 2 nitrogen and oxygen atoms in total. The second-order valence-corrected chi connectivity index (χ2v) is 5.54. The van der Waals surface area contributed by atoms with Crippen molar-refractivity contribution in [2.24, 2.45) is 0 Å². The molecule has 0 radical (unpaired) electrons. The zero-order valence-corrected chi connectivity index (χ0v) is 11.5. The summed E-state index contributed by atoms with van der Waals surface area (Å²) in [6.45, 7) is 8.33. The quantitative estimate of drug-likeness (QED) is 0.433. The van der Waals surface area contributed by atoms with Crippen LogP contribution in [-0.2, 0) is 9.47 Å². The summed E-state index contributed by atoms with van der Waals surface area (Å²) in [6, 6.07) is 10.3. The summed E-state index contributed by atoms with van der Waals surface area (Å²) < 4.78 is 12.6. The molecule has 0 amide bonds. The molecule has 1 aromatic rings. The Kier molecular flexibility index (Phi) is 6.43. The zero-order valence-electron chi connectivity index (χ0n) is 9.76. The molecule has 0 saturated heterocycles. The van der Waals surface area contributed by atoms with Gasteiger partial charge in [-0.15, -0.1) is 0 Å². The van der Waals surface area contributed by atoms with Gasteiger partial charge in [-0.1, -0.05) is 0 Å². The average Bonchev–Trinajstić information content (AvgIpc) is 2.30. The van der Waals surface area contributed by atoms with Gasteiger partial charge in [0.25, 0.3) is 0 Å². The summed E-state index contributed by atoms with van der Waals surface area (Å²) in [7, 11) is 0. The third-order valence-corrected chi connectivity index (χ3v) is 4.00. The first-order chi connectivity index (χ1) is 7.76. The molecular formula is C13H18O2Se. The van der Waals surface area contributed by atoms with Crippen LogP contribution < -0.4 is 4.46 Å². The van der Waals surface area contributed by atoms with Gasteiger partial charge in [0.2, 0.25) is 0 Å². The SMILES string of the molecule is C=CC(C)OC(OCC)[Se]c1ccccc1. The molecule has 0 aliphatic heterocycles. The van der Waals surface area contributed by atoms with Crippen LogP contribution in [0.5, 0.6) is 0 Å². The number of hydrogen-bond acceptors (Lipinski definition) is 2. The Morgan fingerprint density at radius 1 is 1.38 bits per heavy atom. The van der Waals surface area contributed by atoms with E-state index in [9.17, 15) is 0 Å². The van der Waals surface area contributed by atoms with Crippen LogP contribution in [0, 0.1) is 0 Å². The molecule has 0 heterocycles. The summed E-state index contributed by atoms with van der Waals surface area (Å²) in [6.07, 6.45) is 1.81. The molecule has 0 fully saturated rings. The van der Waals surface area contributed by atoms with Gasteiger partial charge in [0.05, 0.1) is 0 Å². The summed E-state index contributed by atoms with van der Waals surface area (Å²) >= 11 is 0.175. The van der Waals surface area contributed by atoms with Gasteiger partial charge in [0.15, 0.2) is 0 Å². The van der Waals surface area contributed by atoms with Crippen LogP contribution in [0.4, 0.5) is 0 Å². The number of hydrogen-bond donors (Lipinski definition) is 0. The zero-order chi connectivity index (χ0) is 11.8. The second-order valence-electron chi connectivity index (χ2n) is 3.25. The van der Waals surface area contributed by atoms with E-state index in [0.29, 0.717) is 6.61 Å². The van der Waals surface area contributed by atoms with Crippen molar-refractivity contribution >= 4 is 19.4 Å². The molecular weight excluding hydrogens is 267 g/mol. The van der Waals surface area contributed by atoms with Crippen LogP contribution in [0.3, 0.4) is 0 Å². The Balaban J connectivity index is 2.53. The van der Waals surface area contributed by atoms with Gasteiger partial charge in [-0.3, -0.25) is 0 Å². The Hall–Kier alpha value is -0.601. The van der Waals surface area contributed by atoms with E-state index in [1.54, 1.807) is 6.08 Å². The summed E-state index contributed by atoms with van der Waals surface area (Å²) in [4.78, 5) is 0. The third kappa shape index (κ3) is 4.95. The van der Waals surface area contributed by atoms with Crippen LogP contribution >= 0.6 is 0 Å². The van der Waals surface area contributed by atoms with Crippen molar-refractivity contribution in [3.63, 3.8) is 0 Å². The van der Waals surface area contributed by atoms with Gasteiger partial charge < -0.3 is 0 Å². The van der Waals surface area contributed by atoms with E-state index in [4.69, 9.17) is 9.47 Å². The Morgan fingerprint density at radius 3 is 2.62 bits per heavy atom. The maximum atomic E-state index is 5.73. The van der Waals surface area contributed by atoms with E-state index < -0.39 is 0 Å². The van der Waals surface area contributed by atoms with Crippen molar-refractivity contribution < 1.29 is 9.47 Å². The minimum absolute atomic E-state index is 0.0298. The van der Waals surface area contributed by atoms with Crippen LogP contribution in [0.15, 0.2) is 43.0 Å². The van der Waals surface area contributed by atoms with E-state index in [2.05, 4.69) is 18.7 Å². The number of rotatable bonds is 7. The molecule has 0 bridgehead atoms. The molecule has 0 aliphatic rings. The van der Waals surface area contributed by atoms with Crippen molar-refractivity contribution in [3.05, 3.63) is 43.0 Å². The van der Waals surface area contributed by atoms with Crippen molar-refractivity contribution in [1.29, 1.82) is 0 Å². The topological polar surface area (TPSA) is 18.5 Å². The van der Waals surface area contributed by atoms with Gasteiger partial charge in [0, 0.05) is 0 Å². The van der Waals surface area contributed by atoms with E-state index in [0.717, 1.165) is 0 Å². The normalized spacial score (nSPS) is 14.4. The van der Waals surface area contributed by atoms with Crippen molar-refractivity contribution in [2.75, 3.05) is 6.61 Å². The summed E-state index contributed by atoms with van der Waals surface area (Å²) in [5.74, 6) is 0. The van der Waals surface area contributed by atoms with Gasteiger partial charge >= 0.3 is 104 Å². The monoisotopic (exact) mass is 286 g/mol. The van der Waals surface area contributed by atoms with Crippen LogP contribution in [0.2, 0.25) is 0 Å². The summed E-state index contributed by atoms with van der Waals surface area (Å²) in [5.41, 5.74) is 0. The predicted molar refractivity (Wildman–Crippen MR) is 68.0 cm³/mol. The Labute approximate surface area is 104 Å². The molecule has 0 saturated carbocycles. The molecule has 0 aliphatic carbocycles. The van der Waals surface area contributed by atoms with Crippen LogP contribution in [0.1, 0.15) is 13.8 Å². The van der Waals surface area contributed by atoms with E-state index in [1.807, 2.05) is 32.0 Å². The van der Waals surface area contributed by atoms with Crippen LogP contribution in [0.25, 0.3) is 0 Å². The molecule has 0 N–H and O–H groups in total. The first-order valence-corrected chi connectivity index (χ1v) is 7.22. The molecule has 1 rings (SSSR count). The van der Waals surface area contributed by atoms with Crippen molar-refractivity contribution in [2.45, 2.75) is 25.1 Å². The molecule has 0 spiro atoms. The molecule has 3 heteroatoms. The fourth-order valence-corrected chi connectivity index (χ4v) is 3.12. The Bertz CT molecular complexity index is 300. The van der Waals surface area contributed by atoms with Crippen molar-refractivity contribution in [3.8, 4) is 0 Å². The van der Waals surface area contributed by atoms with E-state index in [1.165, 1.54) is 4.46 Å². The van der Waals surface area contributed by atoms with Crippen LogP contribution in [-0.4, -0.2) is 32.9 Å². The first kappa shape index (κ1) is 13.5. The standard InChI is InChI=1S/C13H18O2Se/c1-4-11(3)15-13(14-5-2)16-12-9-7-6-8-10-12/h4,6-11,13H,1,5H2,2-3H3. The fourth-order valence-electron chi connectivity index (χ4n) is 1.08. The predicted octanol–water partition coefficient (Wildman–Crippen LogP) is 1.93. The van der Waals surface area contributed by atoms with Gasteiger partial charge in [-0.2, -0.15) is 0 Å². The maximum absolute atomic E-state index is 5.73. The minimum atomic E-state index is -0.132. The van der Waals surface area contributed by atoms with E-state index >= 15 is 0 Å². The fraction of sp³-hybridized carbons (Fsp3) is 0.385. The van der Waals surface area contributed by atoms with Gasteiger partial charge in [0.1, 0.15) is 0 Å². The molecule has 16 heavy (non-hydrogen) atoms.